The molecule has 0 atom stereocenters. The fourth-order valence-electron chi connectivity index (χ4n) is 3.59. The summed E-state index contributed by atoms with van der Waals surface area (Å²) in [6, 6.07) is 6.00. The van der Waals surface area contributed by atoms with Gasteiger partial charge in [-0.2, -0.15) is 8.78 Å². The van der Waals surface area contributed by atoms with Gasteiger partial charge in [0, 0.05) is 10.4 Å². The molecule has 3 heterocycles. The lowest BCUT2D eigenvalue weighted by Crippen LogP contribution is -2.02. The Bertz CT molecular complexity index is 1230. The molecule has 4 aromatic rings. The van der Waals surface area contributed by atoms with Crippen LogP contribution in [-0.4, -0.2) is 26.8 Å². The quantitative estimate of drug-likeness (QED) is 0.396. The second-order valence-corrected chi connectivity index (χ2v) is 8.99. The molecular weight excluding hydrogens is 444 g/mol. The highest BCUT2D eigenvalue weighted by atomic mass is 32.2. The maximum absolute atomic E-state index is 12.3. The van der Waals surface area contributed by atoms with Crippen LogP contribution in [0.1, 0.15) is 29.1 Å². The van der Waals surface area contributed by atoms with E-state index in [1.54, 1.807) is 23.5 Å². The SMILES string of the molecule is Nc1nc(CSc2nnc(-c3ccc(OC(F)F)cc3)o2)nc2sc3c(c12)CCCC3. The minimum absolute atomic E-state index is 0.0632. The fraction of sp³-hybridized carbons (Fsp3) is 0.300. The lowest BCUT2D eigenvalue weighted by atomic mass is 9.97. The van der Waals surface area contributed by atoms with Crippen LogP contribution in [0, 0.1) is 0 Å². The van der Waals surface area contributed by atoms with Crippen LogP contribution in [-0.2, 0) is 18.6 Å². The summed E-state index contributed by atoms with van der Waals surface area (Å²) in [5.41, 5.74) is 8.17. The van der Waals surface area contributed by atoms with Crippen LogP contribution in [0.5, 0.6) is 5.75 Å². The molecule has 3 aromatic heterocycles. The number of alkyl halides is 2. The molecule has 0 spiro atoms. The van der Waals surface area contributed by atoms with Crippen molar-refractivity contribution in [3.63, 3.8) is 0 Å². The van der Waals surface area contributed by atoms with Crippen molar-refractivity contribution in [2.24, 2.45) is 0 Å². The lowest BCUT2D eigenvalue weighted by Gasteiger charge is -2.10. The zero-order valence-electron chi connectivity index (χ0n) is 16.2. The van der Waals surface area contributed by atoms with E-state index in [2.05, 4.69) is 19.9 Å². The van der Waals surface area contributed by atoms with E-state index in [9.17, 15) is 8.78 Å². The van der Waals surface area contributed by atoms with Gasteiger partial charge in [-0.1, -0.05) is 11.8 Å². The van der Waals surface area contributed by atoms with Crippen molar-refractivity contribution in [1.82, 2.24) is 20.2 Å². The molecule has 31 heavy (non-hydrogen) atoms. The summed E-state index contributed by atoms with van der Waals surface area (Å²) in [5, 5.41) is 9.40. The molecule has 0 amide bonds. The van der Waals surface area contributed by atoms with E-state index < -0.39 is 6.61 Å². The molecule has 0 saturated heterocycles. The average Bonchev–Trinajstić information content (AvgIpc) is 3.37. The molecule has 7 nitrogen and oxygen atoms in total. The predicted octanol–water partition coefficient (Wildman–Crippen LogP) is 5.10. The van der Waals surface area contributed by atoms with Gasteiger partial charge in [0.15, 0.2) is 0 Å². The van der Waals surface area contributed by atoms with Gasteiger partial charge in [-0.3, -0.25) is 0 Å². The number of hydrogen-bond acceptors (Lipinski definition) is 9. The van der Waals surface area contributed by atoms with Gasteiger partial charge in [0.05, 0.1) is 11.1 Å². The summed E-state index contributed by atoms with van der Waals surface area (Å²) in [6.07, 6.45) is 4.51. The van der Waals surface area contributed by atoms with Gasteiger partial charge in [-0.05, 0) is 55.5 Å². The van der Waals surface area contributed by atoms with E-state index in [0.717, 1.165) is 23.1 Å². The Morgan fingerprint density at radius 3 is 2.74 bits per heavy atom. The van der Waals surface area contributed by atoms with Gasteiger partial charge in [0.2, 0.25) is 5.89 Å². The molecule has 0 unspecified atom stereocenters. The smallest absolute Gasteiger partial charge is 0.387 e. The molecule has 11 heteroatoms. The first kappa shape index (κ1) is 20.1. The molecule has 5 rings (SSSR count). The van der Waals surface area contributed by atoms with E-state index in [-0.39, 0.29) is 11.6 Å². The van der Waals surface area contributed by atoms with Gasteiger partial charge in [-0.25, -0.2) is 9.97 Å². The number of anilines is 1. The number of aryl methyl sites for hydroxylation is 2. The number of thiophene rings is 1. The largest absolute Gasteiger partial charge is 0.435 e. The zero-order valence-corrected chi connectivity index (χ0v) is 17.8. The number of nitrogens with two attached hydrogens (primary N) is 1. The summed E-state index contributed by atoms with van der Waals surface area (Å²) in [4.78, 5) is 11.5. The number of benzene rings is 1. The highest BCUT2D eigenvalue weighted by Gasteiger charge is 2.20. The van der Waals surface area contributed by atoms with Crippen LogP contribution < -0.4 is 10.5 Å². The summed E-state index contributed by atoms with van der Waals surface area (Å²) in [7, 11) is 0. The molecule has 0 radical (unpaired) electrons. The third kappa shape index (κ3) is 4.19. The molecule has 2 N–H and O–H groups in total. The summed E-state index contributed by atoms with van der Waals surface area (Å²) >= 11 is 3.02. The van der Waals surface area contributed by atoms with Crippen LogP contribution in [0.25, 0.3) is 21.7 Å². The number of nitrogen functional groups attached to an aromatic ring is 1. The first-order chi connectivity index (χ1) is 15.1. The Morgan fingerprint density at radius 1 is 1.13 bits per heavy atom. The average molecular weight is 462 g/mol. The molecule has 0 saturated carbocycles. The normalized spacial score (nSPS) is 13.6. The maximum atomic E-state index is 12.3. The highest BCUT2D eigenvalue weighted by molar-refractivity contribution is 7.98. The number of fused-ring (bicyclic) bond motifs is 3. The maximum Gasteiger partial charge on any atom is 0.387 e. The summed E-state index contributed by atoms with van der Waals surface area (Å²) < 4.78 is 34.5. The van der Waals surface area contributed by atoms with Crippen LogP contribution in [0.2, 0.25) is 0 Å². The second-order valence-electron chi connectivity index (χ2n) is 6.98. The molecule has 1 aliphatic rings. The van der Waals surface area contributed by atoms with Gasteiger partial charge in [0.1, 0.15) is 22.2 Å². The topological polar surface area (TPSA) is 100.0 Å². The van der Waals surface area contributed by atoms with Crippen LogP contribution in [0.4, 0.5) is 14.6 Å². The van der Waals surface area contributed by atoms with E-state index in [1.165, 1.54) is 47.2 Å². The number of hydrogen-bond donors (Lipinski definition) is 1. The highest BCUT2D eigenvalue weighted by Crippen LogP contribution is 2.38. The Balaban J connectivity index is 1.29. The van der Waals surface area contributed by atoms with Gasteiger partial charge >= 0.3 is 6.61 Å². The molecule has 1 aromatic carbocycles. The molecular formula is C20H17F2N5O2S2. The number of nitrogens with zero attached hydrogens (tertiary/aromatic N) is 4. The van der Waals surface area contributed by atoms with Crippen LogP contribution >= 0.6 is 23.1 Å². The number of aromatic nitrogens is 4. The third-order valence-corrected chi connectivity index (χ3v) is 6.95. The zero-order chi connectivity index (χ0) is 21.4. The monoisotopic (exact) mass is 461 g/mol. The minimum atomic E-state index is -2.87. The van der Waals surface area contributed by atoms with Crippen molar-refractivity contribution in [3.8, 4) is 17.2 Å². The molecule has 0 aliphatic heterocycles. The predicted molar refractivity (Wildman–Crippen MR) is 114 cm³/mol. The fourth-order valence-corrected chi connectivity index (χ4v) is 5.49. The Kier molecular flexibility index (Phi) is 5.45. The Hall–Kier alpha value is -2.79. The number of halogens is 2. The Morgan fingerprint density at radius 2 is 1.94 bits per heavy atom. The van der Waals surface area contributed by atoms with Gasteiger partial charge in [-0.15, -0.1) is 21.5 Å². The lowest BCUT2D eigenvalue weighted by molar-refractivity contribution is -0.0498. The molecule has 0 bridgehead atoms. The van der Waals surface area contributed by atoms with Crippen molar-refractivity contribution in [1.29, 1.82) is 0 Å². The van der Waals surface area contributed by atoms with E-state index in [4.69, 9.17) is 15.1 Å². The molecule has 1 aliphatic carbocycles. The van der Waals surface area contributed by atoms with E-state index in [1.807, 2.05) is 0 Å². The minimum Gasteiger partial charge on any atom is -0.435 e. The van der Waals surface area contributed by atoms with Gasteiger partial charge in [0.25, 0.3) is 5.22 Å². The first-order valence-electron chi connectivity index (χ1n) is 9.65. The van der Waals surface area contributed by atoms with Crippen molar-refractivity contribution < 1.29 is 17.9 Å². The number of ether oxygens (including phenoxy) is 1. The van der Waals surface area contributed by atoms with Crippen molar-refractivity contribution in [2.75, 3.05) is 5.73 Å². The van der Waals surface area contributed by atoms with Gasteiger partial charge < -0.3 is 14.9 Å². The van der Waals surface area contributed by atoms with E-state index >= 15 is 0 Å². The summed E-state index contributed by atoms with van der Waals surface area (Å²) in [5.74, 6) is 1.92. The van der Waals surface area contributed by atoms with Crippen molar-refractivity contribution in [2.45, 2.75) is 43.3 Å². The van der Waals surface area contributed by atoms with Crippen molar-refractivity contribution in [3.05, 3.63) is 40.5 Å². The first-order valence-corrected chi connectivity index (χ1v) is 11.4. The molecule has 160 valence electrons. The second kappa shape index (κ2) is 8.39. The standard InChI is InChI=1S/C20H17F2N5O2S2/c21-19(22)28-11-7-5-10(6-8-11)17-26-27-20(29-17)30-9-14-24-16(23)15-12-3-1-2-4-13(12)31-18(15)25-14/h5-8,19H,1-4,9H2,(H2,23,24,25). The van der Waals surface area contributed by atoms with E-state index in [0.29, 0.717) is 28.2 Å². The van der Waals surface area contributed by atoms with Crippen molar-refractivity contribution >= 4 is 39.1 Å². The summed E-state index contributed by atoms with van der Waals surface area (Å²) in [6.45, 7) is -2.87. The van der Waals surface area contributed by atoms with Crippen LogP contribution in [0.15, 0.2) is 33.9 Å². The number of thioether (sulfide) groups is 1. The van der Waals surface area contributed by atoms with Crippen LogP contribution in [0.3, 0.4) is 0 Å². The number of rotatable bonds is 6. The third-order valence-electron chi connectivity index (χ3n) is 4.95. The Labute approximate surface area is 184 Å². The molecule has 0 fully saturated rings.